The fourth-order valence-corrected chi connectivity index (χ4v) is 3.91. The van der Waals surface area contributed by atoms with Crippen LogP contribution in [0, 0.1) is 5.92 Å². The van der Waals surface area contributed by atoms with E-state index in [2.05, 4.69) is 43.4 Å². The van der Waals surface area contributed by atoms with Crippen LogP contribution in [0.3, 0.4) is 0 Å². The quantitative estimate of drug-likeness (QED) is 0.889. The van der Waals surface area contributed by atoms with Crippen LogP contribution >= 0.6 is 11.3 Å². The maximum absolute atomic E-state index is 4.75. The highest BCUT2D eigenvalue weighted by molar-refractivity contribution is 7.18. The van der Waals surface area contributed by atoms with Crippen LogP contribution in [-0.4, -0.2) is 11.0 Å². The summed E-state index contributed by atoms with van der Waals surface area (Å²) in [5.41, 5.74) is 1.13. The van der Waals surface area contributed by atoms with Crippen molar-refractivity contribution in [3.63, 3.8) is 0 Å². The van der Waals surface area contributed by atoms with Crippen molar-refractivity contribution in [2.75, 3.05) is 0 Å². The lowest BCUT2D eigenvalue weighted by atomic mass is 9.87. The van der Waals surface area contributed by atoms with E-state index in [9.17, 15) is 0 Å². The Bertz CT molecular complexity index is 507. The first-order chi connectivity index (χ1) is 9.22. The Morgan fingerprint density at radius 3 is 2.68 bits per heavy atom. The summed E-state index contributed by atoms with van der Waals surface area (Å²) in [5.74, 6) is 0.913. The number of benzene rings is 1. The first-order valence-electron chi connectivity index (χ1n) is 7.34. The Morgan fingerprint density at radius 1 is 1.21 bits per heavy atom. The second-order valence-electron chi connectivity index (χ2n) is 5.86. The third-order valence-corrected chi connectivity index (χ3v) is 5.40. The molecule has 3 heteroatoms. The van der Waals surface area contributed by atoms with Crippen molar-refractivity contribution in [2.45, 2.75) is 51.6 Å². The highest BCUT2D eigenvalue weighted by Gasteiger charge is 2.21. The van der Waals surface area contributed by atoms with E-state index in [1.807, 2.05) is 11.3 Å². The average molecular weight is 274 g/mol. The minimum Gasteiger partial charge on any atom is -0.305 e. The van der Waals surface area contributed by atoms with Gasteiger partial charge in [0.2, 0.25) is 0 Å². The van der Waals surface area contributed by atoms with Crippen molar-refractivity contribution < 1.29 is 0 Å². The smallest absolute Gasteiger partial charge is 0.111 e. The summed E-state index contributed by atoms with van der Waals surface area (Å²) in [4.78, 5) is 4.75. The Morgan fingerprint density at radius 2 is 1.95 bits per heavy atom. The maximum Gasteiger partial charge on any atom is 0.111 e. The van der Waals surface area contributed by atoms with Crippen LogP contribution < -0.4 is 5.32 Å². The number of nitrogens with one attached hydrogen (secondary N) is 1. The van der Waals surface area contributed by atoms with Gasteiger partial charge in [-0.3, -0.25) is 0 Å². The minimum absolute atomic E-state index is 0.371. The Labute approximate surface area is 119 Å². The number of rotatable bonds is 3. The van der Waals surface area contributed by atoms with Crippen LogP contribution in [0.2, 0.25) is 0 Å². The third kappa shape index (κ3) is 2.98. The van der Waals surface area contributed by atoms with Crippen LogP contribution in [0.25, 0.3) is 10.2 Å². The molecular formula is C16H22N2S. The van der Waals surface area contributed by atoms with Crippen LogP contribution in [-0.2, 0) is 0 Å². The monoisotopic (exact) mass is 274 g/mol. The van der Waals surface area contributed by atoms with Crippen molar-refractivity contribution in [3.8, 4) is 0 Å². The molecule has 1 aromatic heterocycles. The number of hydrogen-bond donors (Lipinski definition) is 1. The van der Waals surface area contributed by atoms with Gasteiger partial charge in [0, 0.05) is 6.04 Å². The lowest BCUT2D eigenvalue weighted by molar-refractivity contribution is 0.291. The zero-order valence-electron chi connectivity index (χ0n) is 11.7. The first-order valence-corrected chi connectivity index (χ1v) is 8.15. The van der Waals surface area contributed by atoms with Gasteiger partial charge in [0.15, 0.2) is 0 Å². The molecule has 0 bridgehead atoms. The van der Waals surface area contributed by atoms with E-state index in [4.69, 9.17) is 4.98 Å². The third-order valence-electron chi connectivity index (χ3n) is 4.18. The number of fused-ring (bicyclic) bond motifs is 1. The fraction of sp³-hybridized carbons (Fsp3) is 0.562. The van der Waals surface area contributed by atoms with Gasteiger partial charge in [0.25, 0.3) is 0 Å². The Balaban J connectivity index is 1.68. The Kier molecular flexibility index (Phi) is 3.85. The van der Waals surface area contributed by atoms with Gasteiger partial charge in [-0.15, -0.1) is 11.3 Å². The van der Waals surface area contributed by atoms with Crippen molar-refractivity contribution in [3.05, 3.63) is 29.3 Å². The van der Waals surface area contributed by atoms with Crippen LogP contribution in [0.1, 0.15) is 50.6 Å². The summed E-state index contributed by atoms with van der Waals surface area (Å²) in [6.07, 6.45) is 5.36. The SMILES string of the molecule is CC1CCC(NC(C)c2nc3ccccc3s2)CC1. The molecule has 1 aliphatic rings. The molecule has 1 saturated carbocycles. The second-order valence-corrected chi connectivity index (χ2v) is 6.93. The molecule has 2 aromatic rings. The van der Waals surface area contributed by atoms with Crippen LogP contribution in [0.5, 0.6) is 0 Å². The lowest BCUT2D eigenvalue weighted by Gasteiger charge is -2.29. The predicted octanol–water partition coefficient (Wildman–Crippen LogP) is 4.53. The van der Waals surface area contributed by atoms with Gasteiger partial charge in [-0.1, -0.05) is 19.1 Å². The molecule has 0 radical (unpaired) electrons. The molecule has 2 nitrogen and oxygen atoms in total. The van der Waals surface area contributed by atoms with E-state index < -0.39 is 0 Å². The predicted molar refractivity (Wildman–Crippen MR) is 82.6 cm³/mol. The summed E-state index contributed by atoms with van der Waals surface area (Å²) < 4.78 is 1.29. The maximum atomic E-state index is 4.75. The molecule has 1 fully saturated rings. The van der Waals surface area contributed by atoms with Crippen molar-refractivity contribution in [2.24, 2.45) is 5.92 Å². The van der Waals surface area contributed by atoms with Gasteiger partial charge in [-0.2, -0.15) is 0 Å². The molecule has 0 aliphatic heterocycles. The van der Waals surface area contributed by atoms with Gasteiger partial charge in [-0.25, -0.2) is 4.98 Å². The molecule has 19 heavy (non-hydrogen) atoms. The second kappa shape index (κ2) is 5.59. The zero-order valence-corrected chi connectivity index (χ0v) is 12.5. The average Bonchev–Trinajstić information content (AvgIpc) is 2.85. The molecule has 1 atom stereocenters. The largest absolute Gasteiger partial charge is 0.305 e. The van der Waals surface area contributed by atoms with Crippen LogP contribution in [0.15, 0.2) is 24.3 Å². The summed E-state index contributed by atoms with van der Waals surface area (Å²) >= 11 is 1.82. The molecule has 0 amide bonds. The van der Waals surface area contributed by atoms with E-state index in [0.717, 1.165) is 11.4 Å². The standard InChI is InChI=1S/C16H22N2S/c1-11-7-9-13(10-8-11)17-12(2)16-18-14-5-3-4-6-15(14)19-16/h3-6,11-13,17H,7-10H2,1-2H3. The summed E-state index contributed by atoms with van der Waals surface area (Å²) in [6.45, 7) is 4.61. The lowest BCUT2D eigenvalue weighted by Crippen LogP contribution is -2.34. The molecule has 1 heterocycles. The normalized spacial score (nSPS) is 25.6. The van der Waals surface area contributed by atoms with Gasteiger partial charge < -0.3 is 5.32 Å². The molecule has 1 N–H and O–H groups in total. The number of para-hydroxylation sites is 1. The molecule has 1 aliphatic carbocycles. The van der Waals surface area contributed by atoms with Gasteiger partial charge >= 0.3 is 0 Å². The molecule has 1 unspecified atom stereocenters. The number of thiazole rings is 1. The Hall–Kier alpha value is -0.930. The molecule has 102 valence electrons. The van der Waals surface area contributed by atoms with E-state index in [-0.39, 0.29) is 0 Å². The van der Waals surface area contributed by atoms with Crippen LogP contribution in [0.4, 0.5) is 0 Å². The molecule has 0 saturated heterocycles. The highest BCUT2D eigenvalue weighted by Crippen LogP contribution is 2.29. The van der Waals surface area contributed by atoms with Crippen molar-refractivity contribution >= 4 is 21.6 Å². The number of aromatic nitrogens is 1. The van der Waals surface area contributed by atoms with Gasteiger partial charge in [0.1, 0.15) is 5.01 Å². The van der Waals surface area contributed by atoms with Crippen molar-refractivity contribution in [1.82, 2.24) is 10.3 Å². The first kappa shape index (κ1) is 13.1. The molecule has 3 rings (SSSR count). The number of hydrogen-bond acceptors (Lipinski definition) is 3. The molecular weight excluding hydrogens is 252 g/mol. The van der Waals surface area contributed by atoms with E-state index in [1.54, 1.807) is 0 Å². The minimum atomic E-state index is 0.371. The molecule has 0 spiro atoms. The van der Waals surface area contributed by atoms with Gasteiger partial charge in [0.05, 0.1) is 16.3 Å². The fourth-order valence-electron chi connectivity index (χ4n) is 2.93. The molecule has 1 aromatic carbocycles. The van der Waals surface area contributed by atoms with E-state index >= 15 is 0 Å². The topological polar surface area (TPSA) is 24.9 Å². The number of nitrogens with zero attached hydrogens (tertiary/aromatic N) is 1. The summed E-state index contributed by atoms with van der Waals surface area (Å²) in [5, 5.41) is 4.99. The zero-order chi connectivity index (χ0) is 13.2. The van der Waals surface area contributed by atoms with E-state index in [0.29, 0.717) is 12.1 Å². The van der Waals surface area contributed by atoms with Gasteiger partial charge in [-0.05, 0) is 50.7 Å². The summed E-state index contributed by atoms with van der Waals surface area (Å²) in [6, 6.07) is 9.46. The van der Waals surface area contributed by atoms with Crippen molar-refractivity contribution in [1.29, 1.82) is 0 Å². The summed E-state index contributed by atoms with van der Waals surface area (Å²) in [7, 11) is 0. The van der Waals surface area contributed by atoms with E-state index in [1.165, 1.54) is 35.4 Å². The highest BCUT2D eigenvalue weighted by atomic mass is 32.1.